The lowest BCUT2D eigenvalue weighted by Crippen LogP contribution is -1.83. The molecule has 0 spiro atoms. The molecule has 0 aliphatic carbocycles. The normalized spacial score (nSPS) is 12.4. The average molecular weight is 485 g/mol. The van der Waals surface area contributed by atoms with Crippen LogP contribution in [0.1, 0.15) is 174 Å². The molecule has 0 aromatic heterocycles. The maximum Gasteiger partial charge on any atom is -0.0169 e. The molecule has 0 heterocycles. The van der Waals surface area contributed by atoms with E-state index in [2.05, 4.69) is 62.5 Å². The zero-order valence-electron chi connectivity index (χ0n) is 24.3. The Bertz CT molecular complexity index is 434. The maximum atomic E-state index is 2.39. The van der Waals surface area contributed by atoms with Gasteiger partial charge >= 0.3 is 0 Å². The average Bonchev–Trinajstić information content (AvgIpc) is 2.87. The molecule has 0 amide bonds. The van der Waals surface area contributed by atoms with Crippen molar-refractivity contribution in [1.29, 1.82) is 0 Å². The van der Waals surface area contributed by atoms with Crippen LogP contribution in [-0.2, 0) is 0 Å². The van der Waals surface area contributed by atoms with Gasteiger partial charge in [0.15, 0.2) is 0 Å². The molecule has 35 heavy (non-hydrogen) atoms. The summed E-state index contributed by atoms with van der Waals surface area (Å²) >= 11 is 0. The number of allylic oxidation sites excluding steroid dienone is 8. The summed E-state index contributed by atoms with van der Waals surface area (Å²) in [4.78, 5) is 0. The molecule has 0 aromatic rings. The number of rotatable bonds is 28. The summed E-state index contributed by atoms with van der Waals surface area (Å²) in [5.74, 6) is 0. The van der Waals surface area contributed by atoms with Crippen LogP contribution < -0.4 is 0 Å². The van der Waals surface area contributed by atoms with E-state index in [1.807, 2.05) is 0 Å². The number of unbranched alkanes of at least 4 members (excludes halogenated alkanes) is 20. The molecule has 0 atom stereocenters. The van der Waals surface area contributed by atoms with Gasteiger partial charge in [-0.1, -0.05) is 159 Å². The highest BCUT2D eigenvalue weighted by atomic mass is 14.0. The van der Waals surface area contributed by atoms with Crippen LogP contribution in [-0.4, -0.2) is 0 Å². The van der Waals surface area contributed by atoms with Crippen LogP contribution >= 0.6 is 0 Å². The second-order valence-corrected chi connectivity index (χ2v) is 10.5. The first-order valence-electron chi connectivity index (χ1n) is 16.0. The van der Waals surface area contributed by atoms with Crippen LogP contribution in [0.5, 0.6) is 0 Å². The molecule has 0 N–H and O–H groups in total. The maximum absolute atomic E-state index is 2.39. The molecule has 0 saturated heterocycles. The molecular formula is C35H64. The fraction of sp³-hybridized carbons (Fsp3) is 0.771. The van der Waals surface area contributed by atoms with Gasteiger partial charge in [-0.05, 0) is 64.2 Å². The Morgan fingerprint density at radius 2 is 0.486 bits per heavy atom. The molecule has 0 unspecified atom stereocenters. The second kappa shape index (κ2) is 33.0. The molecule has 0 heteroatoms. The summed E-state index contributed by atoms with van der Waals surface area (Å²) in [5.41, 5.74) is 0. The van der Waals surface area contributed by atoms with Crippen molar-refractivity contribution in [1.82, 2.24) is 0 Å². The minimum Gasteiger partial charge on any atom is -0.0882 e. The van der Waals surface area contributed by atoms with Crippen LogP contribution in [0.3, 0.4) is 0 Å². The van der Waals surface area contributed by atoms with E-state index in [0.29, 0.717) is 0 Å². The van der Waals surface area contributed by atoms with Gasteiger partial charge in [0.25, 0.3) is 0 Å². The van der Waals surface area contributed by atoms with Crippen molar-refractivity contribution >= 4 is 0 Å². The first kappa shape index (κ1) is 34.0. The van der Waals surface area contributed by atoms with Crippen molar-refractivity contribution in [2.24, 2.45) is 0 Å². The molecule has 0 saturated carbocycles. The third-order valence-corrected chi connectivity index (χ3v) is 6.90. The van der Waals surface area contributed by atoms with Gasteiger partial charge < -0.3 is 0 Å². The zero-order chi connectivity index (χ0) is 25.3. The smallest absolute Gasteiger partial charge is 0.0169 e. The van der Waals surface area contributed by atoms with Crippen molar-refractivity contribution in [3.8, 4) is 0 Å². The van der Waals surface area contributed by atoms with E-state index in [4.69, 9.17) is 0 Å². The lowest BCUT2D eigenvalue weighted by Gasteiger charge is -2.03. The van der Waals surface area contributed by atoms with E-state index in [9.17, 15) is 0 Å². The third-order valence-electron chi connectivity index (χ3n) is 6.90. The van der Waals surface area contributed by atoms with Crippen LogP contribution in [0.2, 0.25) is 0 Å². The Morgan fingerprint density at radius 3 is 0.743 bits per heavy atom. The Hall–Kier alpha value is -1.04. The van der Waals surface area contributed by atoms with Gasteiger partial charge in [-0.2, -0.15) is 0 Å². The van der Waals surface area contributed by atoms with E-state index >= 15 is 0 Å². The highest BCUT2D eigenvalue weighted by molar-refractivity contribution is 4.93. The quantitative estimate of drug-likeness (QED) is 0.0764. The van der Waals surface area contributed by atoms with Crippen LogP contribution in [0.15, 0.2) is 48.6 Å². The van der Waals surface area contributed by atoms with Crippen molar-refractivity contribution in [3.05, 3.63) is 48.6 Å². The first-order valence-corrected chi connectivity index (χ1v) is 16.0. The van der Waals surface area contributed by atoms with Crippen molar-refractivity contribution < 1.29 is 0 Å². The van der Waals surface area contributed by atoms with Gasteiger partial charge in [0.2, 0.25) is 0 Å². The molecular weight excluding hydrogens is 420 g/mol. The Morgan fingerprint density at radius 1 is 0.257 bits per heavy atom. The van der Waals surface area contributed by atoms with Gasteiger partial charge in [0, 0.05) is 0 Å². The van der Waals surface area contributed by atoms with Gasteiger partial charge in [-0.25, -0.2) is 0 Å². The topological polar surface area (TPSA) is 0 Å². The Labute approximate surface area is 222 Å². The highest BCUT2D eigenvalue weighted by Gasteiger charge is 1.94. The molecule has 0 aliphatic rings. The summed E-state index contributed by atoms with van der Waals surface area (Å²) in [6.07, 6.45) is 53.0. The number of hydrogen-bond acceptors (Lipinski definition) is 0. The summed E-state index contributed by atoms with van der Waals surface area (Å²) in [5, 5.41) is 0. The fourth-order valence-electron chi connectivity index (χ4n) is 4.51. The summed E-state index contributed by atoms with van der Waals surface area (Å²) < 4.78 is 0. The molecule has 0 bridgehead atoms. The van der Waals surface area contributed by atoms with Crippen molar-refractivity contribution in [2.45, 2.75) is 174 Å². The van der Waals surface area contributed by atoms with E-state index in [1.165, 1.54) is 148 Å². The van der Waals surface area contributed by atoms with Gasteiger partial charge in [0.05, 0.1) is 0 Å². The minimum absolute atomic E-state index is 1.13. The molecule has 0 aliphatic heterocycles. The zero-order valence-corrected chi connectivity index (χ0v) is 24.3. The minimum atomic E-state index is 1.13. The molecule has 0 nitrogen and oxygen atoms in total. The largest absolute Gasteiger partial charge is 0.0882 e. The van der Waals surface area contributed by atoms with Crippen LogP contribution in [0.4, 0.5) is 0 Å². The molecule has 0 aromatic carbocycles. The lowest BCUT2D eigenvalue weighted by atomic mass is 10.0. The van der Waals surface area contributed by atoms with Gasteiger partial charge in [0.1, 0.15) is 0 Å². The lowest BCUT2D eigenvalue weighted by molar-refractivity contribution is 0.538. The third kappa shape index (κ3) is 33.0. The van der Waals surface area contributed by atoms with Gasteiger partial charge in [-0.3, -0.25) is 0 Å². The summed E-state index contributed by atoms with van der Waals surface area (Å²) in [7, 11) is 0. The molecule has 0 rings (SSSR count). The van der Waals surface area contributed by atoms with Crippen molar-refractivity contribution in [3.63, 3.8) is 0 Å². The molecule has 204 valence electrons. The predicted molar refractivity (Wildman–Crippen MR) is 163 cm³/mol. The van der Waals surface area contributed by atoms with E-state index in [0.717, 1.165) is 12.8 Å². The second-order valence-electron chi connectivity index (χ2n) is 10.5. The summed E-state index contributed by atoms with van der Waals surface area (Å²) in [6, 6.07) is 0. The van der Waals surface area contributed by atoms with Crippen molar-refractivity contribution in [2.75, 3.05) is 0 Å². The van der Waals surface area contributed by atoms with Crippen LogP contribution in [0.25, 0.3) is 0 Å². The standard InChI is InChI=1S/C35H64/c1-3-5-7-9-11-13-15-17-19-21-23-25-27-29-31-33-35-34-32-30-28-26-24-22-20-18-16-14-12-10-8-6-4-2/h11-14,17-20H,3-10,15-16,21-35H2,1-2H3/b13-11-,14-12-,19-17-,20-18-. The highest BCUT2D eigenvalue weighted by Crippen LogP contribution is 2.14. The Kier molecular flexibility index (Phi) is 32.0. The molecule has 0 fully saturated rings. The predicted octanol–water partition coefficient (Wildman–Crippen LogP) is 13.0. The first-order chi connectivity index (χ1) is 17.4. The van der Waals surface area contributed by atoms with Crippen LogP contribution in [0, 0.1) is 0 Å². The monoisotopic (exact) mass is 485 g/mol. The van der Waals surface area contributed by atoms with E-state index in [1.54, 1.807) is 0 Å². The summed E-state index contributed by atoms with van der Waals surface area (Å²) in [6.45, 7) is 4.54. The van der Waals surface area contributed by atoms with E-state index in [-0.39, 0.29) is 0 Å². The SMILES string of the molecule is CCCCC/C=C\C/C=C\CCCCCCCCCCCCCCC/C=C\C/C=C\CCCCC. The van der Waals surface area contributed by atoms with Gasteiger partial charge in [-0.15, -0.1) is 0 Å². The van der Waals surface area contributed by atoms with E-state index < -0.39 is 0 Å². The number of hydrogen-bond donors (Lipinski definition) is 0. The molecule has 0 radical (unpaired) electrons. The fourth-order valence-corrected chi connectivity index (χ4v) is 4.51. The Balaban J connectivity index is 3.17.